The summed E-state index contributed by atoms with van der Waals surface area (Å²) in [6.07, 6.45) is 5.75. The largest absolute Gasteiger partial charge is 0.372 e. The number of para-hydroxylation sites is 1. The third-order valence-corrected chi connectivity index (χ3v) is 7.26. The molecule has 2 heterocycles. The molecule has 1 amide bonds. The van der Waals surface area contributed by atoms with Gasteiger partial charge >= 0.3 is 0 Å². The summed E-state index contributed by atoms with van der Waals surface area (Å²) in [5.41, 5.74) is 2.66. The summed E-state index contributed by atoms with van der Waals surface area (Å²) in [7, 11) is 0. The van der Waals surface area contributed by atoms with Crippen molar-refractivity contribution >= 4 is 39.9 Å². The second-order valence-electron chi connectivity index (χ2n) is 8.66. The number of amides is 1. The average molecular weight is 449 g/mol. The zero-order valence-electron chi connectivity index (χ0n) is 18.3. The Morgan fingerprint density at radius 1 is 1.06 bits per heavy atom. The zero-order valence-corrected chi connectivity index (χ0v) is 19.1. The molecule has 6 nitrogen and oxygen atoms in total. The van der Waals surface area contributed by atoms with E-state index in [1.165, 1.54) is 36.7 Å². The fourth-order valence-corrected chi connectivity index (χ4v) is 5.21. The SMILES string of the molecule is CC(Sc1nc2ccccc2c(=O)n1C1CC1)C(=O)Nc1ccc(N2CCCCC2)cc1. The van der Waals surface area contributed by atoms with Gasteiger partial charge in [0.05, 0.1) is 16.2 Å². The molecule has 1 atom stereocenters. The number of hydrogen-bond acceptors (Lipinski definition) is 5. The van der Waals surface area contributed by atoms with Crippen molar-refractivity contribution in [3.63, 3.8) is 0 Å². The van der Waals surface area contributed by atoms with Crippen molar-refractivity contribution in [3.8, 4) is 0 Å². The van der Waals surface area contributed by atoms with Gasteiger partial charge in [-0.25, -0.2) is 4.98 Å². The summed E-state index contributed by atoms with van der Waals surface area (Å²) < 4.78 is 1.78. The minimum absolute atomic E-state index is 0.0125. The van der Waals surface area contributed by atoms with Gasteiger partial charge in [-0.1, -0.05) is 23.9 Å². The first-order valence-electron chi connectivity index (χ1n) is 11.4. The van der Waals surface area contributed by atoms with Crippen LogP contribution in [0.4, 0.5) is 11.4 Å². The maximum Gasteiger partial charge on any atom is 0.262 e. The van der Waals surface area contributed by atoms with Crippen LogP contribution in [0.15, 0.2) is 58.5 Å². The highest BCUT2D eigenvalue weighted by molar-refractivity contribution is 8.00. The van der Waals surface area contributed by atoms with Gasteiger partial charge in [0.15, 0.2) is 5.16 Å². The Kier molecular flexibility index (Phi) is 5.91. The lowest BCUT2D eigenvalue weighted by Gasteiger charge is -2.28. The molecular weight excluding hydrogens is 420 g/mol. The fourth-order valence-electron chi connectivity index (χ4n) is 4.23. The highest BCUT2D eigenvalue weighted by atomic mass is 32.2. The van der Waals surface area contributed by atoms with E-state index in [9.17, 15) is 9.59 Å². The molecule has 3 aromatic rings. The second-order valence-corrected chi connectivity index (χ2v) is 9.97. The van der Waals surface area contributed by atoms with Crippen molar-refractivity contribution in [3.05, 3.63) is 58.9 Å². The van der Waals surface area contributed by atoms with Crippen molar-refractivity contribution in [1.82, 2.24) is 9.55 Å². The van der Waals surface area contributed by atoms with E-state index in [4.69, 9.17) is 4.98 Å². The van der Waals surface area contributed by atoms with Crippen LogP contribution >= 0.6 is 11.8 Å². The Morgan fingerprint density at radius 2 is 1.78 bits per heavy atom. The molecule has 2 fully saturated rings. The van der Waals surface area contributed by atoms with Crippen molar-refractivity contribution in [2.75, 3.05) is 23.3 Å². The predicted molar refractivity (Wildman–Crippen MR) is 131 cm³/mol. The van der Waals surface area contributed by atoms with Gasteiger partial charge in [-0.2, -0.15) is 0 Å². The molecule has 5 rings (SSSR count). The molecule has 32 heavy (non-hydrogen) atoms. The summed E-state index contributed by atoms with van der Waals surface area (Å²) in [5, 5.41) is 3.89. The molecule has 166 valence electrons. The number of benzene rings is 2. The van der Waals surface area contributed by atoms with Gasteiger partial charge in [0, 0.05) is 30.5 Å². The molecule has 1 aliphatic heterocycles. The third kappa shape index (κ3) is 4.39. The zero-order chi connectivity index (χ0) is 22.1. The molecule has 1 unspecified atom stereocenters. The number of carbonyl (C=O) groups excluding carboxylic acids is 1. The van der Waals surface area contributed by atoms with Crippen LogP contribution in [0.25, 0.3) is 10.9 Å². The summed E-state index contributed by atoms with van der Waals surface area (Å²) in [6.45, 7) is 4.06. The fraction of sp³-hybridized carbons (Fsp3) is 0.400. The molecule has 1 saturated carbocycles. The van der Waals surface area contributed by atoms with Gasteiger partial charge in [0.2, 0.25) is 5.91 Å². The first kappa shape index (κ1) is 21.1. The van der Waals surface area contributed by atoms with E-state index in [0.717, 1.165) is 31.6 Å². The number of anilines is 2. The van der Waals surface area contributed by atoms with Crippen molar-refractivity contribution in [1.29, 1.82) is 0 Å². The standard InChI is InChI=1S/C25H28N4O2S/c1-17(23(30)26-18-9-11-19(12-10-18)28-15-5-2-6-16-28)32-25-27-22-8-4-3-7-21(22)24(31)29(25)20-13-14-20/h3-4,7-12,17,20H,2,5-6,13-16H2,1H3,(H,26,30). The summed E-state index contributed by atoms with van der Waals surface area (Å²) in [5.74, 6) is -0.0922. The first-order chi connectivity index (χ1) is 15.6. The number of aromatic nitrogens is 2. The van der Waals surface area contributed by atoms with Gasteiger partial charge in [-0.15, -0.1) is 0 Å². The Bertz CT molecular complexity index is 1180. The van der Waals surface area contributed by atoms with Crippen LogP contribution in [0, 0.1) is 0 Å². The Labute approximate surface area is 192 Å². The lowest BCUT2D eigenvalue weighted by molar-refractivity contribution is -0.115. The van der Waals surface area contributed by atoms with Gasteiger partial charge in [0.25, 0.3) is 5.56 Å². The number of hydrogen-bond donors (Lipinski definition) is 1. The molecule has 0 spiro atoms. The number of thioether (sulfide) groups is 1. The Morgan fingerprint density at radius 3 is 2.50 bits per heavy atom. The number of nitrogens with one attached hydrogen (secondary N) is 1. The quantitative estimate of drug-likeness (QED) is 0.432. The molecular formula is C25H28N4O2S. The number of rotatable bonds is 6. The van der Waals surface area contributed by atoms with E-state index in [0.29, 0.717) is 16.1 Å². The molecule has 1 saturated heterocycles. The van der Waals surface area contributed by atoms with Gasteiger partial charge in [0.1, 0.15) is 0 Å². The lowest BCUT2D eigenvalue weighted by Crippen LogP contribution is -2.29. The van der Waals surface area contributed by atoms with Crippen molar-refractivity contribution in [2.24, 2.45) is 0 Å². The van der Waals surface area contributed by atoms with Crippen molar-refractivity contribution in [2.45, 2.75) is 55.5 Å². The number of nitrogens with zero attached hydrogens (tertiary/aromatic N) is 3. The van der Waals surface area contributed by atoms with Crippen LogP contribution in [0.3, 0.4) is 0 Å². The number of piperidine rings is 1. The van der Waals surface area contributed by atoms with E-state index in [1.54, 1.807) is 4.57 Å². The molecule has 1 N–H and O–H groups in total. The topological polar surface area (TPSA) is 67.2 Å². The molecule has 1 aliphatic carbocycles. The Hall–Kier alpha value is -2.80. The second kappa shape index (κ2) is 8.98. The molecule has 0 radical (unpaired) electrons. The van der Waals surface area contributed by atoms with Gasteiger partial charge in [-0.3, -0.25) is 14.2 Å². The van der Waals surface area contributed by atoms with E-state index in [1.807, 2.05) is 43.3 Å². The van der Waals surface area contributed by atoms with Crippen LogP contribution in [-0.2, 0) is 4.79 Å². The average Bonchev–Trinajstić information content (AvgIpc) is 3.65. The van der Waals surface area contributed by atoms with Crippen LogP contribution in [0.5, 0.6) is 0 Å². The van der Waals surface area contributed by atoms with Crippen LogP contribution in [-0.4, -0.2) is 33.8 Å². The minimum Gasteiger partial charge on any atom is -0.372 e. The molecule has 7 heteroatoms. The highest BCUT2D eigenvalue weighted by Gasteiger charge is 2.30. The molecule has 1 aromatic heterocycles. The third-order valence-electron chi connectivity index (χ3n) is 6.19. The van der Waals surface area contributed by atoms with Crippen molar-refractivity contribution < 1.29 is 4.79 Å². The summed E-state index contributed by atoms with van der Waals surface area (Å²) >= 11 is 1.35. The summed E-state index contributed by atoms with van der Waals surface area (Å²) in [6, 6.07) is 15.7. The first-order valence-corrected chi connectivity index (χ1v) is 12.3. The van der Waals surface area contributed by atoms with E-state index in [-0.39, 0.29) is 22.8 Å². The normalized spacial score (nSPS) is 17.3. The van der Waals surface area contributed by atoms with Crippen LogP contribution in [0.2, 0.25) is 0 Å². The predicted octanol–water partition coefficient (Wildman–Crippen LogP) is 4.84. The molecule has 2 aliphatic rings. The number of carbonyl (C=O) groups is 1. The summed E-state index contributed by atoms with van der Waals surface area (Å²) in [4.78, 5) is 33.1. The van der Waals surface area contributed by atoms with Crippen LogP contribution in [0.1, 0.15) is 45.1 Å². The molecule has 2 aromatic carbocycles. The maximum absolute atomic E-state index is 13.0. The molecule has 0 bridgehead atoms. The van der Waals surface area contributed by atoms with E-state index < -0.39 is 0 Å². The lowest BCUT2D eigenvalue weighted by atomic mass is 10.1. The minimum atomic E-state index is -0.380. The van der Waals surface area contributed by atoms with Gasteiger partial charge < -0.3 is 10.2 Å². The van der Waals surface area contributed by atoms with E-state index >= 15 is 0 Å². The Balaban J connectivity index is 1.30. The smallest absolute Gasteiger partial charge is 0.262 e. The van der Waals surface area contributed by atoms with Crippen LogP contribution < -0.4 is 15.8 Å². The monoisotopic (exact) mass is 448 g/mol. The van der Waals surface area contributed by atoms with Gasteiger partial charge in [-0.05, 0) is 75.4 Å². The highest BCUT2D eigenvalue weighted by Crippen LogP contribution is 2.37. The maximum atomic E-state index is 13.0. The number of fused-ring (bicyclic) bond motifs is 1. The van der Waals surface area contributed by atoms with E-state index in [2.05, 4.69) is 22.3 Å².